The number of ketones is 1. The van der Waals surface area contributed by atoms with Crippen molar-refractivity contribution in [1.29, 1.82) is 0 Å². The van der Waals surface area contributed by atoms with Crippen molar-refractivity contribution in [3.63, 3.8) is 0 Å². The second-order valence-electron chi connectivity index (χ2n) is 4.08. The molecule has 19 heavy (non-hydrogen) atoms. The predicted molar refractivity (Wildman–Crippen MR) is 72.5 cm³/mol. The molecule has 1 aromatic carbocycles. The van der Waals surface area contributed by atoms with Gasteiger partial charge in [-0.1, -0.05) is 42.5 Å². The highest BCUT2D eigenvalue weighted by atomic mass is 16.5. The molecule has 4 nitrogen and oxygen atoms in total. The van der Waals surface area contributed by atoms with Gasteiger partial charge in [-0.25, -0.2) is 0 Å². The van der Waals surface area contributed by atoms with Crippen LogP contribution in [0.3, 0.4) is 0 Å². The number of methoxy groups -OCH3 is 2. The standard InChI is InChI=1S/C15H18O4/c1-11(16)14(15(17)19-3)13(18-2)10-9-12-7-5-4-6-8-12/h4-10,13-14H,1-3H3/b10-9+. The van der Waals surface area contributed by atoms with Crippen LogP contribution in [0.15, 0.2) is 36.4 Å². The molecule has 0 radical (unpaired) electrons. The molecule has 0 amide bonds. The Morgan fingerprint density at radius 2 is 1.79 bits per heavy atom. The lowest BCUT2D eigenvalue weighted by molar-refractivity contribution is -0.153. The number of carbonyl (C=O) groups is 2. The summed E-state index contributed by atoms with van der Waals surface area (Å²) in [6.07, 6.45) is 2.87. The molecule has 0 aliphatic carbocycles. The fourth-order valence-corrected chi connectivity index (χ4v) is 1.75. The average molecular weight is 262 g/mol. The molecule has 1 rings (SSSR count). The summed E-state index contributed by atoms with van der Waals surface area (Å²) in [5.41, 5.74) is 0.969. The van der Waals surface area contributed by atoms with E-state index in [0.717, 1.165) is 5.56 Å². The molecule has 0 aliphatic heterocycles. The Kier molecular flexibility index (Phi) is 5.96. The topological polar surface area (TPSA) is 52.6 Å². The molecule has 0 bridgehead atoms. The fourth-order valence-electron chi connectivity index (χ4n) is 1.75. The van der Waals surface area contributed by atoms with Crippen molar-refractivity contribution < 1.29 is 19.1 Å². The van der Waals surface area contributed by atoms with Gasteiger partial charge < -0.3 is 9.47 Å². The van der Waals surface area contributed by atoms with Crippen LogP contribution < -0.4 is 0 Å². The molecule has 0 saturated heterocycles. The van der Waals surface area contributed by atoms with Crippen molar-refractivity contribution in [2.75, 3.05) is 14.2 Å². The number of ether oxygens (including phenoxy) is 2. The normalized spacial score (nSPS) is 14.1. The van der Waals surface area contributed by atoms with Crippen LogP contribution in [-0.2, 0) is 19.1 Å². The van der Waals surface area contributed by atoms with Gasteiger partial charge >= 0.3 is 5.97 Å². The van der Waals surface area contributed by atoms with E-state index in [-0.39, 0.29) is 5.78 Å². The molecule has 1 aromatic rings. The number of rotatable bonds is 6. The minimum absolute atomic E-state index is 0.281. The van der Waals surface area contributed by atoms with Gasteiger partial charge in [-0.05, 0) is 12.5 Å². The maximum absolute atomic E-state index is 11.6. The highest BCUT2D eigenvalue weighted by molar-refractivity contribution is 5.98. The molecular formula is C15H18O4. The maximum Gasteiger partial charge on any atom is 0.319 e. The first kappa shape index (κ1) is 15.1. The summed E-state index contributed by atoms with van der Waals surface area (Å²) < 4.78 is 9.84. The molecule has 2 atom stereocenters. The lowest BCUT2D eigenvalue weighted by Crippen LogP contribution is -2.34. The molecule has 0 aromatic heterocycles. The lowest BCUT2D eigenvalue weighted by atomic mass is 9.97. The smallest absolute Gasteiger partial charge is 0.319 e. The molecular weight excluding hydrogens is 244 g/mol. The minimum Gasteiger partial charge on any atom is -0.468 e. The summed E-state index contributed by atoms with van der Waals surface area (Å²) in [6.45, 7) is 1.35. The lowest BCUT2D eigenvalue weighted by Gasteiger charge is -2.18. The van der Waals surface area contributed by atoms with Crippen LogP contribution in [0, 0.1) is 5.92 Å². The van der Waals surface area contributed by atoms with Crippen LogP contribution in [-0.4, -0.2) is 32.1 Å². The first-order valence-electron chi connectivity index (χ1n) is 5.94. The van der Waals surface area contributed by atoms with Crippen LogP contribution >= 0.6 is 0 Å². The molecule has 4 heteroatoms. The van der Waals surface area contributed by atoms with E-state index in [1.54, 1.807) is 6.08 Å². The zero-order chi connectivity index (χ0) is 14.3. The first-order chi connectivity index (χ1) is 9.10. The Balaban J connectivity index is 2.89. The number of carbonyl (C=O) groups excluding carboxylic acids is 2. The van der Waals surface area contributed by atoms with Crippen molar-refractivity contribution in [1.82, 2.24) is 0 Å². The monoisotopic (exact) mass is 262 g/mol. The van der Waals surface area contributed by atoms with E-state index in [4.69, 9.17) is 4.74 Å². The minimum atomic E-state index is -0.935. The fraction of sp³-hybridized carbons (Fsp3) is 0.333. The van der Waals surface area contributed by atoms with E-state index in [1.807, 2.05) is 36.4 Å². The number of Topliss-reactive ketones (excluding diaryl/α,β-unsaturated/α-hetero) is 1. The number of benzene rings is 1. The zero-order valence-electron chi connectivity index (χ0n) is 11.3. The summed E-state index contributed by atoms with van der Waals surface area (Å²) in [6, 6.07) is 9.57. The largest absolute Gasteiger partial charge is 0.468 e. The van der Waals surface area contributed by atoms with E-state index in [1.165, 1.54) is 21.1 Å². The van der Waals surface area contributed by atoms with Crippen molar-refractivity contribution in [2.24, 2.45) is 5.92 Å². The number of hydrogen-bond acceptors (Lipinski definition) is 4. The van der Waals surface area contributed by atoms with Gasteiger partial charge in [0.2, 0.25) is 0 Å². The Morgan fingerprint density at radius 3 is 2.26 bits per heavy atom. The van der Waals surface area contributed by atoms with E-state index in [0.29, 0.717) is 0 Å². The third kappa shape index (κ3) is 4.34. The molecule has 0 spiro atoms. The van der Waals surface area contributed by atoms with Crippen LogP contribution in [0.2, 0.25) is 0 Å². The average Bonchev–Trinajstić information content (AvgIpc) is 2.43. The highest BCUT2D eigenvalue weighted by Gasteiger charge is 2.31. The first-order valence-corrected chi connectivity index (χ1v) is 5.94. The zero-order valence-corrected chi connectivity index (χ0v) is 11.3. The van der Waals surface area contributed by atoms with E-state index in [2.05, 4.69) is 4.74 Å². The van der Waals surface area contributed by atoms with Crippen LogP contribution in [0.25, 0.3) is 6.08 Å². The Morgan fingerprint density at radius 1 is 1.16 bits per heavy atom. The molecule has 0 N–H and O–H groups in total. The summed E-state index contributed by atoms with van der Waals surface area (Å²) in [4.78, 5) is 23.1. The van der Waals surface area contributed by atoms with Gasteiger partial charge in [0.1, 0.15) is 11.7 Å². The second-order valence-corrected chi connectivity index (χ2v) is 4.08. The Bertz CT molecular complexity index is 450. The van der Waals surface area contributed by atoms with Gasteiger partial charge in [0.05, 0.1) is 13.2 Å². The number of esters is 1. The summed E-state index contributed by atoms with van der Waals surface area (Å²) >= 11 is 0. The third-order valence-corrected chi connectivity index (χ3v) is 2.77. The van der Waals surface area contributed by atoms with Gasteiger partial charge in [-0.15, -0.1) is 0 Å². The molecule has 0 aliphatic rings. The van der Waals surface area contributed by atoms with E-state index in [9.17, 15) is 9.59 Å². The van der Waals surface area contributed by atoms with Gasteiger partial charge in [-0.3, -0.25) is 9.59 Å². The number of hydrogen-bond donors (Lipinski definition) is 0. The van der Waals surface area contributed by atoms with E-state index < -0.39 is 18.0 Å². The van der Waals surface area contributed by atoms with Crippen molar-refractivity contribution in [3.8, 4) is 0 Å². The second kappa shape index (κ2) is 7.48. The summed E-state index contributed by atoms with van der Waals surface area (Å²) in [7, 11) is 2.71. The molecule has 2 unspecified atom stereocenters. The third-order valence-electron chi connectivity index (χ3n) is 2.77. The van der Waals surface area contributed by atoms with Crippen LogP contribution in [0.1, 0.15) is 12.5 Å². The molecule has 0 fully saturated rings. The molecule has 0 heterocycles. The molecule has 0 saturated carbocycles. The van der Waals surface area contributed by atoms with Gasteiger partial charge in [-0.2, -0.15) is 0 Å². The van der Waals surface area contributed by atoms with Gasteiger partial charge in [0, 0.05) is 7.11 Å². The van der Waals surface area contributed by atoms with E-state index >= 15 is 0 Å². The van der Waals surface area contributed by atoms with Crippen LogP contribution in [0.5, 0.6) is 0 Å². The van der Waals surface area contributed by atoms with Gasteiger partial charge in [0.25, 0.3) is 0 Å². The van der Waals surface area contributed by atoms with Crippen molar-refractivity contribution in [3.05, 3.63) is 42.0 Å². The van der Waals surface area contributed by atoms with Crippen molar-refractivity contribution >= 4 is 17.8 Å². The molecule has 102 valence electrons. The maximum atomic E-state index is 11.6. The summed E-state index contributed by atoms with van der Waals surface area (Å²) in [5, 5.41) is 0. The quantitative estimate of drug-likeness (QED) is 0.582. The summed E-state index contributed by atoms with van der Waals surface area (Å²) in [5.74, 6) is -1.80. The van der Waals surface area contributed by atoms with Crippen LogP contribution in [0.4, 0.5) is 0 Å². The Hall–Kier alpha value is -1.94. The predicted octanol–water partition coefficient (Wildman–Crippen LogP) is 2.09. The SMILES string of the molecule is COC(=O)C(C(C)=O)C(/C=C/c1ccccc1)OC. The Labute approximate surface area is 113 Å². The van der Waals surface area contributed by atoms with Crippen molar-refractivity contribution in [2.45, 2.75) is 13.0 Å². The highest BCUT2D eigenvalue weighted by Crippen LogP contribution is 2.14. The van der Waals surface area contributed by atoms with Gasteiger partial charge in [0.15, 0.2) is 0 Å².